The molecule has 2 fully saturated rings. The fourth-order valence-electron chi connectivity index (χ4n) is 3.38. The number of likely N-dealkylation sites (tertiary alicyclic amines) is 1. The second kappa shape index (κ2) is 4.82. The van der Waals surface area contributed by atoms with E-state index in [4.69, 9.17) is 0 Å². The van der Waals surface area contributed by atoms with Crippen LogP contribution in [-0.2, 0) is 11.0 Å². The van der Waals surface area contributed by atoms with E-state index < -0.39 is 17.5 Å². The molecule has 1 aromatic rings. The van der Waals surface area contributed by atoms with Gasteiger partial charge in [-0.3, -0.25) is 4.79 Å². The molecule has 0 aliphatic carbocycles. The maximum atomic E-state index is 12.9. The predicted octanol–water partition coefficient (Wildman–Crippen LogP) is 2.22. The monoisotopic (exact) mass is 300 g/mol. The van der Waals surface area contributed by atoms with Crippen molar-refractivity contribution in [2.75, 3.05) is 18.0 Å². The van der Waals surface area contributed by atoms with Crippen molar-refractivity contribution in [3.63, 3.8) is 0 Å². The van der Waals surface area contributed by atoms with Crippen LogP contribution in [0, 0.1) is 0 Å². The first kappa shape index (κ1) is 14.0. The van der Waals surface area contributed by atoms with Crippen molar-refractivity contribution in [3.05, 3.63) is 23.8 Å². The largest absolute Gasteiger partial charge is 0.505 e. The molecule has 0 radical (unpaired) electrons. The van der Waals surface area contributed by atoms with Crippen molar-refractivity contribution in [1.82, 2.24) is 4.90 Å². The normalized spacial score (nSPS) is 25.3. The van der Waals surface area contributed by atoms with Gasteiger partial charge in [-0.1, -0.05) is 6.07 Å². The Bertz CT molecular complexity index is 548. The maximum absolute atomic E-state index is 12.9. The van der Waals surface area contributed by atoms with Crippen molar-refractivity contribution < 1.29 is 23.1 Å². The van der Waals surface area contributed by atoms with E-state index >= 15 is 0 Å². The van der Waals surface area contributed by atoms with Gasteiger partial charge in [-0.25, -0.2) is 0 Å². The molecule has 1 aromatic carbocycles. The zero-order valence-electron chi connectivity index (χ0n) is 11.2. The van der Waals surface area contributed by atoms with Gasteiger partial charge in [0.15, 0.2) is 5.75 Å². The second-order valence-electron chi connectivity index (χ2n) is 5.52. The summed E-state index contributed by atoms with van der Waals surface area (Å²) in [5.74, 6) is -0.721. The van der Waals surface area contributed by atoms with E-state index in [1.807, 2.05) is 4.90 Å². The van der Waals surface area contributed by atoms with Crippen molar-refractivity contribution in [2.24, 2.45) is 0 Å². The Morgan fingerprint density at radius 1 is 1.19 bits per heavy atom. The molecule has 114 valence electrons. The summed E-state index contributed by atoms with van der Waals surface area (Å²) in [5.41, 5.74) is -0.805. The maximum Gasteiger partial charge on any atom is 0.420 e. The van der Waals surface area contributed by atoms with Gasteiger partial charge in [0.25, 0.3) is 0 Å². The number of carbonyl (C=O) groups excluding carboxylic acids is 1. The summed E-state index contributed by atoms with van der Waals surface area (Å²) in [6, 6.07) is 3.62. The summed E-state index contributed by atoms with van der Waals surface area (Å²) in [7, 11) is 0. The number of aromatic hydroxyl groups is 1. The highest BCUT2D eigenvalue weighted by molar-refractivity contribution is 5.65. The van der Waals surface area contributed by atoms with E-state index in [1.165, 1.54) is 12.1 Å². The number of amides is 1. The first-order chi connectivity index (χ1) is 9.91. The lowest BCUT2D eigenvalue weighted by molar-refractivity contribution is -0.138. The third-order valence-electron chi connectivity index (χ3n) is 4.26. The number of halogens is 3. The Hall–Kier alpha value is -1.92. The van der Waals surface area contributed by atoms with Gasteiger partial charge in [0.1, 0.15) is 0 Å². The number of fused-ring (bicyclic) bond motifs is 2. The van der Waals surface area contributed by atoms with Crippen LogP contribution in [0.3, 0.4) is 0 Å². The van der Waals surface area contributed by atoms with E-state index in [9.17, 15) is 23.1 Å². The molecule has 2 saturated heterocycles. The fraction of sp³-hybridized carbons (Fsp3) is 0.500. The summed E-state index contributed by atoms with van der Waals surface area (Å²) in [5, 5.41) is 10.0. The van der Waals surface area contributed by atoms with Crippen LogP contribution >= 0.6 is 0 Å². The Balaban J connectivity index is 1.97. The van der Waals surface area contributed by atoms with Crippen LogP contribution in [-0.4, -0.2) is 41.6 Å². The number of hydrogen-bond donors (Lipinski definition) is 1. The van der Waals surface area contributed by atoms with E-state index in [-0.39, 0.29) is 17.8 Å². The number of phenols is 1. The number of carbonyl (C=O) groups is 1. The van der Waals surface area contributed by atoms with E-state index in [1.54, 1.807) is 4.90 Å². The average molecular weight is 300 g/mol. The average Bonchev–Trinajstić information content (AvgIpc) is 2.68. The summed E-state index contributed by atoms with van der Waals surface area (Å²) >= 11 is 0. The van der Waals surface area contributed by atoms with E-state index in [0.717, 1.165) is 25.3 Å². The highest BCUT2D eigenvalue weighted by Crippen LogP contribution is 2.44. The van der Waals surface area contributed by atoms with Gasteiger partial charge >= 0.3 is 6.18 Å². The molecule has 1 amide bonds. The number of rotatable bonds is 2. The molecule has 21 heavy (non-hydrogen) atoms. The van der Waals surface area contributed by atoms with Crippen LogP contribution < -0.4 is 4.90 Å². The molecule has 0 spiro atoms. The third-order valence-corrected chi connectivity index (χ3v) is 4.26. The zero-order chi connectivity index (χ0) is 15.2. The molecule has 2 unspecified atom stereocenters. The summed E-state index contributed by atoms with van der Waals surface area (Å²) in [4.78, 5) is 14.4. The molecule has 2 heterocycles. The Kier molecular flexibility index (Phi) is 3.22. The minimum atomic E-state index is -4.58. The van der Waals surface area contributed by atoms with Crippen LogP contribution in [0.25, 0.3) is 0 Å². The number of para-hydroxylation sites is 1. The van der Waals surface area contributed by atoms with Crippen LogP contribution in [0.1, 0.15) is 18.4 Å². The summed E-state index contributed by atoms with van der Waals surface area (Å²) in [6.07, 6.45) is -2.19. The van der Waals surface area contributed by atoms with Crippen molar-refractivity contribution in [1.29, 1.82) is 0 Å². The van der Waals surface area contributed by atoms with E-state index in [2.05, 4.69) is 0 Å². The minimum absolute atomic E-state index is 0.0386. The van der Waals surface area contributed by atoms with Gasteiger partial charge in [0.05, 0.1) is 11.3 Å². The zero-order valence-corrected chi connectivity index (χ0v) is 11.2. The molecule has 1 N–H and O–H groups in total. The number of phenolic OH excluding ortho intramolecular Hbond substituents is 1. The van der Waals surface area contributed by atoms with Crippen LogP contribution in [0.2, 0.25) is 0 Å². The molecule has 2 aliphatic heterocycles. The molecule has 2 aliphatic rings. The van der Waals surface area contributed by atoms with Crippen molar-refractivity contribution in [3.8, 4) is 5.75 Å². The van der Waals surface area contributed by atoms with Gasteiger partial charge in [-0.05, 0) is 25.0 Å². The summed E-state index contributed by atoms with van der Waals surface area (Å²) in [6.45, 7) is 0.964. The Morgan fingerprint density at radius 2 is 1.81 bits per heavy atom. The molecule has 0 aromatic heterocycles. The number of hydrogen-bond acceptors (Lipinski definition) is 3. The minimum Gasteiger partial charge on any atom is -0.505 e. The molecule has 3 rings (SSSR count). The smallest absolute Gasteiger partial charge is 0.420 e. The lowest BCUT2D eigenvalue weighted by Crippen LogP contribution is -2.53. The third kappa shape index (κ3) is 2.30. The Labute approximate surface area is 119 Å². The van der Waals surface area contributed by atoms with Crippen LogP contribution in [0.5, 0.6) is 5.75 Å². The summed E-state index contributed by atoms with van der Waals surface area (Å²) < 4.78 is 38.7. The molecule has 4 nitrogen and oxygen atoms in total. The molecular weight excluding hydrogens is 285 g/mol. The molecule has 2 atom stereocenters. The predicted molar refractivity (Wildman–Crippen MR) is 70.0 cm³/mol. The van der Waals surface area contributed by atoms with E-state index in [0.29, 0.717) is 13.1 Å². The standard InChI is InChI=1S/C14H15F3N2O2/c15-14(16,17)11-2-1-3-12(13(11)21)19-9-4-5-10(19)7-18(6-9)8-20/h1-3,8-10,21H,4-7H2. The number of piperazine rings is 1. The fourth-order valence-corrected chi connectivity index (χ4v) is 3.38. The lowest BCUT2D eigenvalue weighted by Gasteiger charge is -2.41. The molecule has 2 bridgehead atoms. The number of benzene rings is 1. The first-order valence-electron chi connectivity index (χ1n) is 6.78. The Morgan fingerprint density at radius 3 is 2.33 bits per heavy atom. The highest BCUT2D eigenvalue weighted by atomic mass is 19.4. The molecule has 7 heteroatoms. The molecular formula is C14H15F3N2O2. The molecule has 0 saturated carbocycles. The number of anilines is 1. The van der Waals surface area contributed by atoms with Gasteiger partial charge in [-0.2, -0.15) is 13.2 Å². The number of nitrogens with zero attached hydrogens (tertiary/aromatic N) is 2. The van der Waals surface area contributed by atoms with Crippen molar-refractivity contribution >= 4 is 12.1 Å². The van der Waals surface area contributed by atoms with Gasteiger partial charge in [-0.15, -0.1) is 0 Å². The number of alkyl halides is 3. The quantitative estimate of drug-likeness (QED) is 0.852. The van der Waals surface area contributed by atoms with Crippen LogP contribution in [0.15, 0.2) is 18.2 Å². The van der Waals surface area contributed by atoms with Crippen molar-refractivity contribution in [2.45, 2.75) is 31.1 Å². The second-order valence-corrected chi connectivity index (χ2v) is 5.52. The highest BCUT2D eigenvalue weighted by Gasteiger charge is 2.42. The van der Waals surface area contributed by atoms with Gasteiger partial charge in [0, 0.05) is 25.2 Å². The van der Waals surface area contributed by atoms with Gasteiger partial charge in [0.2, 0.25) is 6.41 Å². The SMILES string of the molecule is O=CN1CC2CCC(C1)N2c1cccc(C(F)(F)F)c1O. The topological polar surface area (TPSA) is 43.8 Å². The lowest BCUT2D eigenvalue weighted by atomic mass is 10.1. The van der Waals surface area contributed by atoms with Crippen LogP contribution in [0.4, 0.5) is 18.9 Å². The van der Waals surface area contributed by atoms with Gasteiger partial charge < -0.3 is 14.9 Å². The first-order valence-corrected chi connectivity index (χ1v) is 6.78.